The lowest BCUT2D eigenvalue weighted by Crippen LogP contribution is -2.52. The van der Waals surface area contributed by atoms with Crippen LogP contribution >= 0.6 is 11.6 Å². The predicted octanol–water partition coefficient (Wildman–Crippen LogP) is 5.84. The highest BCUT2D eigenvalue weighted by atomic mass is 35.5. The number of benzene rings is 3. The Morgan fingerprint density at radius 2 is 1.83 bits per heavy atom. The molecule has 0 radical (unpaired) electrons. The van der Waals surface area contributed by atoms with E-state index in [2.05, 4.69) is 32.4 Å². The smallest absolute Gasteiger partial charge is 0.269 e. The topological polar surface area (TPSA) is 154 Å². The maximum absolute atomic E-state index is 13.1. The van der Waals surface area contributed by atoms with E-state index in [1.165, 1.54) is 4.90 Å². The number of piperidine rings is 1. The van der Waals surface area contributed by atoms with Gasteiger partial charge in [-0.25, -0.2) is 0 Å². The average molecular weight is 721 g/mol. The van der Waals surface area contributed by atoms with Crippen LogP contribution in [-0.2, 0) is 16.1 Å². The highest BCUT2D eigenvalue weighted by Crippen LogP contribution is 2.36. The molecule has 3 aromatic carbocycles. The number of halogens is 1. The molecular formula is C41H29ClN6O5. The van der Waals surface area contributed by atoms with E-state index in [4.69, 9.17) is 16.6 Å². The number of aromatic amines is 1. The van der Waals surface area contributed by atoms with E-state index in [0.717, 1.165) is 44.7 Å². The van der Waals surface area contributed by atoms with Crippen molar-refractivity contribution in [3.63, 3.8) is 0 Å². The third-order valence-corrected chi connectivity index (χ3v) is 9.91. The molecule has 1 saturated heterocycles. The van der Waals surface area contributed by atoms with Crippen LogP contribution in [0.5, 0.6) is 0 Å². The molecule has 12 heteroatoms. The molecule has 11 nitrogen and oxygen atoms in total. The molecule has 1 unspecified atom stereocenters. The minimum atomic E-state index is -0.693. The van der Waals surface area contributed by atoms with Gasteiger partial charge in [0.2, 0.25) is 11.8 Å². The zero-order valence-electron chi connectivity index (χ0n) is 28.0. The van der Waals surface area contributed by atoms with Crippen LogP contribution in [0.3, 0.4) is 0 Å². The van der Waals surface area contributed by atoms with Gasteiger partial charge in [0, 0.05) is 77.5 Å². The molecule has 260 valence electrons. The summed E-state index contributed by atoms with van der Waals surface area (Å²) >= 11 is 6.56. The Balaban J connectivity index is 0.908. The normalized spacial score (nSPS) is 15.2. The molecule has 0 aliphatic carbocycles. The minimum Gasteiger partial charge on any atom is -0.359 e. The number of nitrogens with zero attached hydrogens (tertiary/aromatic N) is 3. The average Bonchev–Trinajstić information content (AvgIpc) is 3.75. The maximum Gasteiger partial charge on any atom is 0.269 e. The van der Waals surface area contributed by atoms with Crippen LogP contribution in [0.25, 0.3) is 44.1 Å². The molecule has 1 fully saturated rings. The number of H-pyrrole nitrogens is 1. The first kappa shape index (κ1) is 33.5. The first-order valence-corrected chi connectivity index (χ1v) is 17.3. The second-order valence-corrected chi connectivity index (χ2v) is 13.2. The van der Waals surface area contributed by atoms with Crippen LogP contribution in [0.1, 0.15) is 61.6 Å². The van der Waals surface area contributed by atoms with Crippen LogP contribution in [-0.4, -0.2) is 62.4 Å². The summed E-state index contributed by atoms with van der Waals surface area (Å²) in [5.74, 6) is 4.80. The van der Waals surface area contributed by atoms with Crippen molar-refractivity contribution in [2.75, 3.05) is 6.54 Å². The summed E-state index contributed by atoms with van der Waals surface area (Å²) in [5, 5.41) is 8.30. The summed E-state index contributed by atoms with van der Waals surface area (Å²) in [6.45, 7) is 0.531. The fraction of sp³-hybridized carbons (Fsp3) is 0.146. The molecule has 5 heterocycles. The third-order valence-electron chi connectivity index (χ3n) is 9.61. The number of pyridine rings is 2. The van der Waals surface area contributed by atoms with E-state index in [0.29, 0.717) is 52.3 Å². The number of hydrogen-bond donors (Lipinski definition) is 3. The van der Waals surface area contributed by atoms with Crippen molar-refractivity contribution in [1.82, 2.24) is 30.5 Å². The molecule has 4 amide bonds. The molecule has 6 aromatic rings. The maximum atomic E-state index is 13.1. The summed E-state index contributed by atoms with van der Waals surface area (Å²) in [7, 11) is 0. The van der Waals surface area contributed by atoms with Gasteiger partial charge >= 0.3 is 0 Å². The number of aromatic nitrogens is 3. The summed E-state index contributed by atoms with van der Waals surface area (Å²) in [6.07, 6.45) is 6.71. The number of fused-ring (bicyclic) bond motifs is 3. The molecule has 0 saturated carbocycles. The third kappa shape index (κ3) is 6.30. The molecule has 0 spiro atoms. The summed E-state index contributed by atoms with van der Waals surface area (Å²) < 4.78 is 0. The highest BCUT2D eigenvalue weighted by molar-refractivity contribution is 6.36. The second kappa shape index (κ2) is 13.8. The predicted molar refractivity (Wildman–Crippen MR) is 199 cm³/mol. The van der Waals surface area contributed by atoms with E-state index in [-0.39, 0.29) is 36.4 Å². The van der Waals surface area contributed by atoms with Gasteiger partial charge in [0.05, 0.1) is 16.2 Å². The molecule has 3 aromatic heterocycles. The molecule has 2 aliphatic rings. The van der Waals surface area contributed by atoms with Gasteiger partial charge in [0.25, 0.3) is 11.8 Å². The van der Waals surface area contributed by atoms with E-state index in [9.17, 15) is 24.0 Å². The Kier molecular flexibility index (Phi) is 8.74. The van der Waals surface area contributed by atoms with Crippen LogP contribution in [0.15, 0.2) is 85.3 Å². The summed E-state index contributed by atoms with van der Waals surface area (Å²) in [4.78, 5) is 75.1. The van der Waals surface area contributed by atoms with Crippen molar-refractivity contribution in [1.29, 1.82) is 0 Å². The van der Waals surface area contributed by atoms with Crippen LogP contribution in [0.2, 0.25) is 5.02 Å². The van der Waals surface area contributed by atoms with Gasteiger partial charge in [-0.05, 0) is 71.0 Å². The van der Waals surface area contributed by atoms with Gasteiger partial charge in [0.1, 0.15) is 11.7 Å². The standard InChI is InChI=1S/C41H29ClN6O5/c42-33-16-26(15-30-27(22-49)19-46-38(30)33)28-8-4-7-24-17-35(45-20-31(24)28)25-10-11-34(44-18-25)39(51)43-14-2-1-5-23-6-3-9-29-32(23)21-48(41(29)53)36-12-13-37(50)47-40(36)52/h3-4,6-11,15-20,22,36,46H,2,12-14,21H2,(H,43,51)(H,47,50,52). The second-order valence-electron chi connectivity index (χ2n) is 12.8. The van der Waals surface area contributed by atoms with E-state index >= 15 is 0 Å². The van der Waals surface area contributed by atoms with Gasteiger partial charge < -0.3 is 15.2 Å². The quantitative estimate of drug-likeness (QED) is 0.0810. The first-order valence-electron chi connectivity index (χ1n) is 16.9. The lowest BCUT2D eigenvalue weighted by atomic mass is 9.97. The van der Waals surface area contributed by atoms with Gasteiger partial charge in [0.15, 0.2) is 6.29 Å². The van der Waals surface area contributed by atoms with E-state index < -0.39 is 11.9 Å². The van der Waals surface area contributed by atoms with E-state index in [1.54, 1.807) is 42.9 Å². The fourth-order valence-electron chi connectivity index (χ4n) is 6.91. The molecule has 53 heavy (non-hydrogen) atoms. The van der Waals surface area contributed by atoms with Crippen molar-refractivity contribution in [2.45, 2.75) is 31.8 Å². The number of carbonyl (C=O) groups is 5. The monoisotopic (exact) mass is 720 g/mol. The highest BCUT2D eigenvalue weighted by Gasteiger charge is 2.39. The van der Waals surface area contributed by atoms with Crippen LogP contribution in [0, 0.1) is 11.8 Å². The number of hydrogen-bond acceptors (Lipinski definition) is 7. The largest absolute Gasteiger partial charge is 0.359 e. The SMILES string of the molecule is O=Cc1c[nH]c2c(Cl)cc(-c3cccc4cc(-c5ccc(C(=O)NCCC#Cc6cccc7c6CN(C6CCC(=O)NC6=O)C7=O)nc5)ncc34)cc12. The van der Waals surface area contributed by atoms with Gasteiger partial charge in [-0.1, -0.05) is 47.7 Å². The Bertz CT molecular complexity index is 2590. The minimum absolute atomic E-state index is 0.189. The Labute approximate surface area is 307 Å². The number of nitrogens with one attached hydrogen (secondary N) is 3. The van der Waals surface area contributed by atoms with Crippen LogP contribution in [0.4, 0.5) is 0 Å². The van der Waals surface area contributed by atoms with Crippen LogP contribution < -0.4 is 10.6 Å². The molecule has 1 atom stereocenters. The lowest BCUT2D eigenvalue weighted by molar-refractivity contribution is -0.136. The molecule has 0 bridgehead atoms. The van der Waals surface area contributed by atoms with Crippen molar-refractivity contribution in [2.24, 2.45) is 0 Å². The number of aldehydes is 1. The Hall–Kier alpha value is -6.64. The molecule has 8 rings (SSSR count). The molecule has 3 N–H and O–H groups in total. The van der Waals surface area contributed by atoms with Gasteiger partial charge in [-0.3, -0.25) is 39.3 Å². The Morgan fingerprint density at radius 1 is 0.981 bits per heavy atom. The Morgan fingerprint density at radius 3 is 2.64 bits per heavy atom. The first-order chi connectivity index (χ1) is 25.8. The number of amides is 4. The summed E-state index contributed by atoms with van der Waals surface area (Å²) in [5.41, 5.74) is 6.67. The van der Waals surface area contributed by atoms with Gasteiger partial charge in [-0.2, -0.15) is 0 Å². The fourth-order valence-corrected chi connectivity index (χ4v) is 7.19. The van der Waals surface area contributed by atoms with Crippen molar-refractivity contribution in [3.05, 3.63) is 118 Å². The van der Waals surface area contributed by atoms with E-state index in [1.807, 2.05) is 42.5 Å². The number of rotatable bonds is 7. The van der Waals surface area contributed by atoms with Crippen molar-refractivity contribution >= 4 is 63.2 Å². The lowest BCUT2D eigenvalue weighted by Gasteiger charge is -2.29. The number of imide groups is 1. The number of carbonyl (C=O) groups excluding carboxylic acids is 5. The molecule has 2 aliphatic heterocycles. The zero-order chi connectivity index (χ0) is 36.6. The summed E-state index contributed by atoms with van der Waals surface area (Å²) in [6, 6.07) is 19.8. The molecular weight excluding hydrogens is 692 g/mol. The van der Waals surface area contributed by atoms with Crippen molar-refractivity contribution < 1.29 is 24.0 Å². The van der Waals surface area contributed by atoms with Crippen molar-refractivity contribution in [3.8, 4) is 34.2 Å². The van der Waals surface area contributed by atoms with Gasteiger partial charge in [-0.15, -0.1) is 0 Å². The zero-order valence-corrected chi connectivity index (χ0v) is 28.8.